The summed E-state index contributed by atoms with van der Waals surface area (Å²) in [5.74, 6) is 0. The summed E-state index contributed by atoms with van der Waals surface area (Å²) in [6, 6.07) is 11.1. The summed E-state index contributed by atoms with van der Waals surface area (Å²) in [7, 11) is 0. The van der Waals surface area contributed by atoms with E-state index in [9.17, 15) is 0 Å². The fourth-order valence-electron chi connectivity index (χ4n) is 3.09. The highest BCUT2D eigenvalue weighted by Crippen LogP contribution is 2.33. The summed E-state index contributed by atoms with van der Waals surface area (Å²) >= 11 is 6.51. The summed E-state index contributed by atoms with van der Waals surface area (Å²) in [5, 5.41) is 4.24. The molecule has 2 aromatic carbocycles. The molecule has 0 aliphatic heterocycles. The van der Waals surface area contributed by atoms with Gasteiger partial charge < -0.3 is 5.32 Å². The Kier molecular flexibility index (Phi) is 5.08. The fraction of sp³-hybridized carbons (Fsp3) is 0.368. The van der Waals surface area contributed by atoms with Crippen molar-refractivity contribution >= 4 is 11.6 Å². The average molecular weight is 302 g/mol. The van der Waals surface area contributed by atoms with Crippen molar-refractivity contribution in [3.05, 3.63) is 57.6 Å². The van der Waals surface area contributed by atoms with Crippen LogP contribution in [0.4, 0.5) is 0 Å². The monoisotopic (exact) mass is 301 g/mol. The highest BCUT2D eigenvalue weighted by Gasteiger charge is 2.12. The summed E-state index contributed by atoms with van der Waals surface area (Å²) in [4.78, 5) is 0. The molecule has 1 unspecified atom stereocenters. The lowest BCUT2D eigenvalue weighted by molar-refractivity contribution is 0.598. The molecule has 0 saturated carbocycles. The Labute approximate surface area is 133 Å². The van der Waals surface area contributed by atoms with Gasteiger partial charge in [0.15, 0.2) is 0 Å². The van der Waals surface area contributed by atoms with Crippen molar-refractivity contribution in [1.82, 2.24) is 5.32 Å². The lowest BCUT2D eigenvalue weighted by Gasteiger charge is -2.17. The normalized spacial score (nSPS) is 12.5. The van der Waals surface area contributed by atoms with E-state index in [4.69, 9.17) is 11.6 Å². The Morgan fingerprint density at radius 3 is 2.19 bits per heavy atom. The molecule has 0 spiro atoms. The number of halogens is 1. The molecule has 0 saturated heterocycles. The zero-order valence-corrected chi connectivity index (χ0v) is 14.3. The van der Waals surface area contributed by atoms with Gasteiger partial charge in [-0.05, 0) is 68.1 Å². The van der Waals surface area contributed by atoms with E-state index in [1.807, 2.05) is 0 Å². The van der Waals surface area contributed by atoms with Crippen LogP contribution in [-0.4, -0.2) is 6.54 Å². The van der Waals surface area contributed by atoms with Crippen molar-refractivity contribution in [2.45, 2.75) is 40.7 Å². The molecule has 2 heteroatoms. The second-order valence-corrected chi connectivity index (χ2v) is 6.20. The third-order valence-electron chi connectivity index (χ3n) is 3.94. The Hall–Kier alpha value is -1.31. The molecule has 112 valence electrons. The first kappa shape index (κ1) is 16.1. The van der Waals surface area contributed by atoms with Gasteiger partial charge in [-0.3, -0.25) is 0 Å². The van der Waals surface area contributed by atoms with Crippen LogP contribution < -0.4 is 5.32 Å². The zero-order valence-electron chi connectivity index (χ0n) is 13.5. The molecule has 2 aromatic rings. The standard InChI is InChI=1S/C19H24ClN/c1-6-21-15(5)17-8-7-16(11-18(17)20)19-13(3)9-12(2)10-14(19)4/h7-11,15,21H,6H2,1-5H3. The van der Waals surface area contributed by atoms with Gasteiger partial charge in [0.25, 0.3) is 0 Å². The first-order valence-electron chi connectivity index (χ1n) is 7.55. The molecule has 0 aliphatic rings. The lowest BCUT2D eigenvalue weighted by atomic mass is 9.93. The van der Waals surface area contributed by atoms with Crippen LogP contribution in [0.1, 0.15) is 42.1 Å². The van der Waals surface area contributed by atoms with Gasteiger partial charge in [-0.15, -0.1) is 0 Å². The van der Waals surface area contributed by atoms with E-state index < -0.39 is 0 Å². The third kappa shape index (κ3) is 3.48. The third-order valence-corrected chi connectivity index (χ3v) is 4.27. The highest BCUT2D eigenvalue weighted by molar-refractivity contribution is 6.31. The smallest absolute Gasteiger partial charge is 0.0459 e. The van der Waals surface area contributed by atoms with Crippen LogP contribution in [0, 0.1) is 20.8 Å². The van der Waals surface area contributed by atoms with Crippen LogP contribution in [0.25, 0.3) is 11.1 Å². The molecular formula is C19H24ClN. The van der Waals surface area contributed by atoms with E-state index in [1.54, 1.807) is 0 Å². The molecule has 0 aliphatic carbocycles. The minimum absolute atomic E-state index is 0.275. The number of aryl methyl sites for hydroxylation is 3. The Balaban J connectivity index is 2.46. The van der Waals surface area contributed by atoms with E-state index in [0.29, 0.717) is 0 Å². The quantitative estimate of drug-likeness (QED) is 0.774. The molecule has 0 amide bonds. The molecule has 0 bridgehead atoms. The second kappa shape index (κ2) is 6.64. The van der Waals surface area contributed by atoms with E-state index >= 15 is 0 Å². The van der Waals surface area contributed by atoms with Crippen molar-refractivity contribution < 1.29 is 0 Å². The van der Waals surface area contributed by atoms with Crippen LogP contribution in [0.5, 0.6) is 0 Å². The SMILES string of the molecule is CCNC(C)c1ccc(-c2c(C)cc(C)cc2C)cc1Cl. The molecule has 0 heterocycles. The van der Waals surface area contributed by atoms with Crippen molar-refractivity contribution in [3.8, 4) is 11.1 Å². The lowest BCUT2D eigenvalue weighted by Crippen LogP contribution is -2.17. The second-order valence-electron chi connectivity index (χ2n) is 5.79. The summed E-state index contributed by atoms with van der Waals surface area (Å²) in [6.07, 6.45) is 0. The van der Waals surface area contributed by atoms with Gasteiger partial charge in [0.2, 0.25) is 0 Å². The Bertz CT molecular complexity index is 623. The number of hydrogen-bond donors (Lipinski definition) is 1. The van der Waals surface area contributed by atoms with Crippen LogP contribution in [0.2, 0.25) is 5.02 Å². The first-order valence-corrected chi connectivity index (χ1v) is 7.93. The summed E-state index contributed by atoms with van der Waals surface area (Å²) in [6.45, 7) is 11.7. The largest absolute Gasteiger partial charge is 0.310 e. The minimum Gasteiger partial charge on any atom is -0.310 e. The predicted molar refractivity (Wildman–Crippen MR) is 93.2 cm³/mol. The Morgan fingerprint density at radius 2 is 1.67 bits per heavy atom. The fourth-order valence-corrected chi connectivity index (χ4v) is 3.43. The van der Waals surface area contributed by atoms with Crippen molar-refractivity contribution in [2.24, 2.45) is 0 Å². The molecule has 0 aromatic heterocycles. The average Bonchev–Trinajstić information content (AvgIpc) is 2.37. The molecule has 1 atom stereocenters. The van der Waals surface area contributed by atoms with E-state index in [-0.39, 0.29) is 6.04 Å². The number of rotatable bonds is 4. The molecular weight excluding hydrogens is 278 g/mol. The van der Waals surface area contributed by atoms with Gasteiger partial charge in [-0.1, -0.05) is 48.4 Å². The maximum Gasteiger partial charge on any atom is 0.0459 e. The van der Waals surface area contributed by atoms with Gasteiger partial charge in [0.1, 0.15) is 0 Å². The van der Waals surface area contributed by atoms with Crippen molar-refractivity contribution in [3.63, 3.8) is 0 Å². The maximum atomic E-state index is 6.51. The van der Waals surface area contributed by atoms with E-state index in [1.165, 1.54) is 27.8 Å². The highest BCUT2D eigenvalue weighted by atomic mass is 35.5. The molecule has 1 N–H and O–H groups in total. The molecule has 21 heavy (non-hydrogen) atoms. The molecule has 0 fully saturated rings. The van der Waals surface area contributed by atoms with Gasteiger partial charge in [-0.25, -0.2) is 0 Å². The van der Waals surface area contributed by atoms with Crippen LogP contribution >= 0.6 is 11.6 Å². The predicted octanol–water partition coefficient (Wildman–Crippen LogP) is 5.60. The summed E-state index contributed by atoms with van der Waals surface area (Å²) < 4.78 is 0. The van der Waals surface area contributed by atoms with Crippen LogP contribution in [-0.2, 0) is 0 Å². The molecule has 1 nitrogen and oxygen atoms in total. The first-order chi connectivity index (χ1) is 9.93. The maximum absolute atomic E-state index is 6.51. The topological polar surface area (TPSA) is 12.0 Å². The number of hydrogen-bond acceptors (Lipinski definition) is 1. The Morgan fingerprint density at radius 1 is 1.05 bits per heavy atom. The van der Waals surface area contributed by atoms with Gasteiger partial charge in [-0.2, -0.15) is 0 Å². The van der Waals surface area contributed by atoms with Gasteiger partial charge >= 0.3 is 0 Å². The summed E-state index contributed by atoms with van der Waals surface area (Å²) in [5.41, 5.74) is 7.56. The van der Waals surface area contributed by atoms with Crippen molar-refractivity contribution in [2.75, 3.05) is 6.54 Å². The van der Waals surface area contributed by atoms with E-state index in [2.05, 4.69) is 70.3 Å². The number of benzene rings is 2. The zero-order chi connectivity index (χ0) is 15.6. The molecule has 2 rings (SSSR count). The van der Waals surface area contributed by atoms with Crippen LogP contribution in [0.15, 0.2) is 30.3 Å². The van der Waals surface area contributed by atoms with Crippen LogP contribution in [0.3, 0.4) is 0 Å². The molecule has 0 radical (unpaired) electrons. The van der Waals surface area contributed by atoms with Gasteiger partial charge in [0, 0.05) is 11.1 Å². The van der Waals surface area contributed by atoms with Crippen molar-refractivity contribution in [1.29, 1.82) is 0 Å². The van der Waals surface area contributed by atoms with Gasteiger partial charge in [0.05, 0.1) is 0 Å². The number of nitrogens with one attached hydrogen (secondary N) is 1. The minimum atomic E-state index is 0.275. The van der Waals surface area contributed by atoms with E-state index in [0.717, 1.165) is 17.1 Å².